The van der Waals surface area contributed by atoms with Crippen molar-refractivity contribution in [3.63, 3.8) is 0 Å². The number of aliphatic imine (C=N–C) groups is 1. The molecule has 0 aromatic heterocycles. The first-order chi connectivity index (χ1) is 11.0. The minimum absolute atomic E-state index is 0.0475. The van der Waals surface area contributed by atoms with Crippen LogP contribution in [0.2, 0.25) is 0 Å². The Morgan fingerprint density at radius 3 is 2.74 bits per heavy atom. The van der Waals surface area contributed by atoms with Gasteiger partial charge in [0.1, 0.15) is 5.76 Å². The monoisotopic (exact) mass is 380 g/mol. The Morgan fingerprint density at radius 2 is 2.09 bits per heavy atom. The molecule has 1 heterocycles. The molecule has 0 radical (unpaired) electrons. The summed E-state index contributed by atoms with van der Waals surface area (Å²) in [7, 11) is 1.51. The van der Waals surface area contributed by atoms with Gasteiger partial charge in [-0.25, -0.2) is 4.99 Å². The number of hydrogen-bond donors (Lipinski definition) is 1. The van der Waals surface area contributed by atoms with Gasteiger partial charge in [0.25, 0.3) is 5.91 Å². The third-order valence-electron chi connectivity index (χ3n) is 3.80. The molecule has 2 rings (SSSR count). The van der Waals surface area contributed by atoms with Crippen LogP contribution in [0.4, 0.5) is 0 Å². The van der Waals surface area contributed by atoms with Crippen LogP contribution in [0.5, 0.6) is 0 Å². The molecule has 0 aromatic carbocycles. The van der Waals surface area contributed by atoms with Crippen molar-refractivity contribution in [1.29, 1.82) is 0 Å². The number of aliphatic hydroxyl groups is 1. The maximum absolute atomic E-state index is 12.5. The van der Waals surface area contributed by atoms with E-state index in [1.807, 2.05) is 12.2 Å². The van der Waals surface area contributed by atoms with Crippen LogP contribution < -0.4 is 0 Å². The second-order valence-corrected chi connectivity index (χ2v) is 6.33. The lowest BCUT2D eigenvalue weighted by Crippen LogP contribution is -2.29. The van der Waals surface area contributed by atoms with Crippen molar-refractivity contribution < 1.29 is 14.6 Å². The molecule has 1 aliphatic carbocycles. The summed E-state index contributed by atoms with van der Waals surface area (Å²) in [4.78, 5) is 18.5. The lowest BCUT2D eigenvalue weighted by Gasteiger charge is -2.17. The minimum Gasteiger partial charge on any atom is -0.507 e. The topological polar surface area (TPSA) is 62.1 Å². The molecule has 0 bridgehead atoms. The smallest absolute Gasteiger partial charge is 0.253 e. The Kier molecular flexibility index (Phi) is 6.21. The van der Waals surface area contributed by atoms with Crippen molar-refractivity contribution in [3.05, 3.63) is 45.3 Å². The zero-order chi connectivity index (χ0) is 16.8. The van der Waals surface area contributed by atoms with Gasteiger partial charge in [-0.1, -0.05) is 28.1 Å². The highest BCUT2D eigenvalue weighted by molar-refractivity contribution is 9.11. The summed E-state index contributed by atoms with van der Waals surface area (Å²) in [6.45, 7) is 3.14. The number of halogens is 1. The number of carbonyl (C=O) groups is 1. The van der Waals surface area contributed by atoms with Gasteiger partial charge in [0, 0.05) is 23.1 Å². The molecule has 0 atom stereocenters. The lowest BCUT2D eigenvalue weighted by molar-refractivity contribution is -0.126. The largest absolute Gasteiger partial charge is 0.507 e. The van der Waals surface area contributed by atoms with Crippen LogP contribution in [0.3, 0.4) is 0 Å². The van der Waals surface area contributed by atoms with Crippen molar-refractivity contribution in [3.8, 4) is 0 Å². The van der Waals surface area contributed by atoms with Crippen LogP contribution in [-0.4, -0.2) is 42.5 Å². The number of nitrogens with zero attached hydrogens (tertiary/aromatic N) is 2. The van der Waals surface area contributed by atoms with E-state index < -0.39 is 0 Å². The molecular formula is C17H21BrN2O3. The first-order valence-electron chi connectivity index (χ1n) is 7.57. The number of rotatable bonds is 4. The summed E-state index contributed by atoms with van der Waals surface area (Å²) in [6, 6.07) is 0. The first-order valence-corrected chi connectivity index (χ1v) is 8.36. The fourth-order valence-corrected chi connectivity index (χ4v) is 2.96. The van der Waals surface area contributed by atoms with E-state index in [0.717, 1.165) is 30.4 Å². The van der Waals surface area contributed by atoms with Gasteiger partial charge in [-0.3, -0.25) is 4.79 Å². The van der Waals surface area contributed by atoms with Crippen molar-refractivity contribution >= 4 is 28.2 Å². The SMILES string of the molecule is CO/C=N/C1=CCC=C(Br)C=C1/C(O)=C(\C)C(=O)N1CCCC1. The van der Waals surface area contributed by atoms with E-state index in [-0.39, 0.29) is 11.7 Å². The average Bonchev–Trinajstić information content (AvgIpc) is 3.02. The first kappa shape index (κ1) is 17.5. The highest BCUT2D eigenvalue weighted by Crippen LogP contribution is 2.29. The van der Waals surface area contributed by atoms with Crippen LogP contribution in [0.25, 0.3) is 0 Å². The molecular weight excluding hydrogens is 360 g/mol. The number of hydrogen-bond acceptors (Lipinski definition) is 4. The van der Waals surface area contributed by atoms with E-state index >= 15 is 0 Å². The average molecular weight is 381 g/mol. The van der Waals surface area contributed by atoms with E-state index in [1.54, 1.807) is 17.9 Å². The van der Waals surface area contributed by atoms with Crippen LogP contribution in [0, 0.1) is 0 Å². The molecule has 0 aromatic rings. The normalized spacial score (nSPS) is 19.8. The molecule has 0 unspecified atom stereocenters. The molecule has 1 N–H and O–H groups in total. The molecule has 1 aliphatic heterocycles. The van der Waals surface area contributed by atoms with Crippen LogP contribution in [-0.2, 0) is 9.53 Å². The fourth-order valence-electron chi connectivity index (χ4n) is 2.55. The minimum atomic E-state index is -0.125. The second-order valence-electron chi connectivity index (χ2n) is 5.42. The van der Waals surface area contributed by atoms with Gasteiger partial charge in [-0.2, -0.15) is 0 Å². The summed E-state index contributed by atoms with van der Waals surface area (Å²) in [5.41, 5.74) is 1.41. The highest BCUT2D eigenvalue weighted by Gasteiger charge is 2.24. The Bertz CT molecular complexity index is 624. The summed E-state index contributed by atoms with van der Waals surface area (Å²) in [5, 5.41) is 10.6. The van der Waals surface area contributed by atoms with Crippen molar-refractivity contribution in [2.45, 2.75) is 26.2 Å². The Labute approximate surface area is 144 Å². The molecule has 0 saturated carbocycles. The molecule has 124 valence electrons. The Hall–Kier alpha value is -1.82. The Morgan fingerprint density at radius 1 is 1.39 bits per heavy atom. The predicted molar refractivity (Wildman–Crippen MR) is 94.4 cm³/mol. The van der Waals surface area contributed by atoms with Gasteiger partial charge in [0.05, 0.1) is 18.4 Å². The molecule has 5 nitrogen and oxygen atoms in total. The van der Waals surface area contributed by atoms with Gasteiger partial charge in [0.15, 0.2) is 6.40 Å². The zero-order valence-electron chi connectivity index (χ0n) is 13.4. The summed E-state index contributed by atoms with van der Waals surface area (Å²) in [5.74, 6) is -0.172. The lowest BCUT2D eigenvalue weighted by atomic mass is 10.1. The predicted octanol–water partition coefficient (Wildman–Crippen LogP) is 3.61. The number of ether oxygens (including phenoxy) is 1. The van der Waals surface area contributed by atoms with Crippen LogP contribution in [0.15, 0.2) is 50.3 Å². The second kappa shape index (κ2) is 8.15. The standard InChI is InChI=1S/C17H21BrN2O3/c1-12(17(22)20-8-3-4-9-20)16(21)14-10-13(18)6-5-7-15(14)19-11-23-2/h6-7,10-11,21H,3-5,8-9H2,1-2H3/b16-12-,19-11+. The van der Waals surface area contributed by atoms with Crippen molar-refractivity contribution in [1.82, 2.24) is 4.90 Å². The number of allylic oxidation sites excluding steroid dienone is 4. The maximum atomic E-state index is 12.5. The van der Waals surface area contributed by atoms with Crippen molar-refractivity contribution in [2.75, 3.05) is 20.2 Å². The quantitative estimate of drug-likeness (QED) is 0.350. The third kappa shape index (κ3) is 4.34. The van der Waals surface area contributed by atoms with Gasteiger partial charge < -0.3 is 14.7 Å². The van der Waals surface area contributed by atoms with Gasteiger partial charge >= 0.3 is 0 Å². The molecule has 23 heavy (non-hydrogen) atoms. The van der Waals surface area contributed by atoms with Crippen LogP contribution in [0.1, 0.15) is 26.2 Å². The van der Waals surface area contributed by atoms with E-state index in [9.17, 15) is 9.90 Å². The zero-order valence-corrected chi connectivity index (χ0v) is 15.0. The van der Waals surface area contributed by atoms with Crippen LogP contribution >= 0.6 is 15.9 Å². The molecule has 6 heteroatoms. The van der Waals surface area contributed by atoms with Crippen molar-refractivity contribution in [2.24, 2.45) is 4.99 Å². The Balaban J connectivity index is 2.37. The molecule has 1 fully saturated rings. The van der Waals surface area contributed by atoms with E-state index in [2.05, 4.69) is 20.9 Å². The third-order valence-corrected chi connectivity index (χ3v) is 4.36. The molecule has 1 amide bonds. The fraction of sp³-hybridized carbons (Fsp3) is 0.412. The number of carbonyl (C=O) groups excluding carboxylic acids is 1. The molecule has 0 spiro atoms. The summed E-state index contributed by atoms with van der Waals surface area (Å²) < 4.78 is 5.70. The van der Waals surface area contributed by atoms with E-state index in [4.69, 9.17) is 4.74 Å². The van der Waals surface area contributed by atoms with E-state index in [1.165, 1.54) is 13.5 Å². The summed E-state index contributed by atoms with van der Waals surface area (Å²) in [6.07, 6.45) is 9.61. The summed E-state index contributed by atoms with van der Waals surface area (Å²) >= 11 is 3.43. The molecule has 2 aliphatic rings. The number of aliphatic hydroxyl groups excluding tert-OH is 1. The van der Waals surface area contributed by atoms with E-state index in [0.29, 0.717) is 23.3 Å². The van der Waals surface area contributed by atoms with Gasteiger partial charge in [-0.15, -0.1) is 0 Å². The maximum Gasteiger partial charge on any atom is 0.253 e. The number of methoxy groups -OCH3 is 1. The molecule has 1 saturated heterocycles. The highest BCUT2D eigenvalue weighted by atomic mass is 79.9. The van der Waals surface area contributed by atoms with Gasteiger partial charge in [0.2, 0.25) is 0 Å². The van der Waals surface area contributed by atoms with Gasteiger partial charge in [-0.05, 0) is 32.3 Å². The number of amides is 1. The number of likely N-dealkylation sites (tertiary alicyclic amines) is 1.